The molecule has 0 spiro atoms. The Morgan fingerprint density at radius 1 is 1.37 bits per heavy atom. The molecule has 0 atom stereocenters. The topological polar surface area (TPSA) is 68.0 Å². The van der Waals surface area contributed by atoms with Crippen molar-refractivity contribution in [3.05, 3.63) is 16.1 Å². The molecule has 0 aliphatic carbocycles. The lowest BCUT2D eigenvalue weighted by Gasteiger charge is -2.01. The van der Waals surface area contributed by atoms with Gasteiger partial charge in [-0.05, 0) is 32.2 Å². The molecule has 0 unspecified atom stereocenters. The maximum atomic E-state index is 11.6. The highest BCUT2D eigenvalue weighted by atomic mass is 32.1. The van der Waals surface area contributed by atoms with Crippen LogP contribution in [0.15, 0.2) is 5.38 Å². The Kier molecular flexibility index (Phi) is 8.41. The smallest absolute Gasteiger partial charge is 0.226 e. The van der Waals surface area contributed by atoms with Gasteiger partial charge in [0.25, 0.3) is 0 Å². The van der Waals surface area contributed by atoms with Gasteiger partial charge >= 0.3 is 0 Å². The SMILES string of the molecule is CCCCNC(=O)Cc1csc(CCCCCN)n1. The van der Waals surface area contributed by atoms with Crippen molar-refractivity contribution in [2.45, 2.75) is 51.9 Å². The number of nitrogens with one attached hydrogen (secondary N) is 1. The van der Waals surface area contributed by atoms with Gasteiger partial charge in [-0.3, -0.25) is 4.79 Å². The summed E-state index contributed by atoms with van der Waals surface area (Å²) in [6.07, 6.45) is 6.91. The molecule has 19 heavy (non-hydrogen) atoms. The first-order valence-electron chi connectivity index (χ1n) is 7.16. The molecule has 0 fully saturated rings. The number of nitrogens with zero attached hydrogens (tertiary/aromatic N) is 1. The number of thiazole rings is 1. The van der Waals surface area contributed by atoms with Crippen LogP contribution in [0.5, 0.6) is 0 Å². The van der Waals surface area contributed by atoms with E-state index >= 15 is 0 Å². The van der Waals surface area contributed by atoms with Gasteiger partial charge in [-0.25, -0.2) is 4.98 Å². The van der Waals surface area contributed by atoms with Crippen molar-refractivity contribution in [2.75, 3.05) is 13.1 Å². The summed E-state index contributed by atoms with van der Waals surface area (Å²) < 4.78 is 0. The van der Waals surface area contributed by atoms with Gasteiger partial charge in [0.1, 0.15) is 0 Å². The van der Waals surface area contributed by atoms with E-state index in [1.165, 1.54) is 0 Å². The third-order valence-corrected chi connectivity index (χ3v) is 3.85. The Balaban J connectivity index is 2.24. The Hall–Kier alpha value is -0.940. The van der Waals surface area contributed by atoms with Gasteiger partial charge in [-0.15, -0.1) is 11.3 Å². The van der Waals surface area contributed by atoms with Crippen LogP contribution in [0.2, 0.25) is 0 Å². The van der Waals surface area contributed by atoms with E-state index < -0.39 is 0 Å². The monoisotopic (exact) mass is 283 g/mol. The summed E-state index contributed by atoms with van der Waals surface area (Å²) in [5, 5.41) is 6.04. The molecule has 1 aromatic heterocycles. The maximum Gasteiger partial charge on any atom is 0.226 e. The second-order valence-electron chi connectivity index (χ2n) is 4.71. The first kappa shape index (κ1) is 16.1. The quantitative estimate of drug-likeness (QED) is 0.647. The molecule has 0 aromatic carbocycles. The molecule has 0 bridgehead atoms. The molecule has 0 aliphatic rings. The fourth-order valence-electron chi connectivity index (χ4n) is 1.77. The van der Waals surface area contributed by atoms with E-state index in [-0.39, 0.29) is 5.91 Å². The molecule has 3 N–H and O–H groups in total. The molecular weight excluding hydrogens is 258 g/mol. The molecule has 5 heteroatoms. The predicted octanol–water partition coefficient (Wildman–Crippen LogP) is 2.27. The highest BCUT2D eigenvalue weighted by Crippen LogP contribution is 2.13. The number of rotatable bonds is 10. The molecule has 0 saturated heterocycles. The van der Waals surface area contributed by atoms with Gasteiger partial charge in [-0.1, -0.05) is 19.8 Å². The standard InChI is InChI=1S/C14H25N3OS/c1-2-3-9-16-13(18)10-12-11-19-14(17-12)7-5-4-6-8-15/h11H,2-10,15H2,1H3,(H,16,18). The number of amides is 1. The Morgan fingerprint density at radius 2 is 2.21 bits per heavy atom. The summed E-state index contributed by atoms with van der Waals surface area (Å²) in [5.74, 6) is 0.0773. The van der Waals surface area contributed by atoms with E-state index in [2.05, 4.69) is 17.2 Å². The molecule has 1 rings (SSSR count). The number of aryl methyl sites for hydroxylation is 1. The van der Waals surface area contributed by atoms with Gasteiger partial charge in [0.05, 0.1) is 17.1 Å². The summed E-state index contributed by atoms with van der Waals surface area (Å²) in [4.78, 5) is 16.1. The van der Waals surface area contributed by atoms with E-state index in [0.29, 0.717) is 6.42 Å². The number of carbonyl (C=O) groups is 1. The molecular formula is C14H25N3OS. The lowest BCUT2D eigenvalue weighted by atomic mass is 10.2. The van der Waals surface area contributed by atoms with E-state index in [1.54, 1.807) is 11.3 Å². The number of aromatic nitrogens is 1. The van der Waals surface area contributed by atoms with Crippen molar-refractivity contribution >= 4 is 17.2 Å². The molecule has 0 saturated carbocycles. The third kappa shape index (κ3) is 7.28. The third-order valence-electron chi connectivity index (χ3n) is 2.89. The van der Waals surface area contributed by atoms with Gasteiger partial charge in [-0.2, -0.15) is 0 Å². The van der Waals surface area contributed by atoms with Crippen molar-refractivity contribution in [1.29, 1.82) is 0 Å². The zero-order chi connectivity index (χ0) is 13.9. The average Bonchev–Trinajstić information content (AvgIpc) is 2.82. The van der Waals surface area contributed by atoms with E-state index in [1.807, 2.05) is 5.38 Å². The van der Waals surface area contributed by atoms with Gasteiger partial charge in [0.2, 0.25) is 5.91 Å². The lowest BCUT2D eigenvalue weighted by Crippen LogP contribution is -2.26. The molecule has 4 nitrogen and oxygen atoms in total. The fraction of sp³-hybridized carbons (Fsp3) is 0.714. The lowest BCUT2D eigenvalue weighted by molar-refractivity contribution is -0.120. The summed E-state index contributed by atoms with van der Waals surface area (Å²) in [7, 11) is 0. The van der Waals surface area contributed by atoms with Crippen molar-refractivity contribution in [2.24, 2.45) is 5.73 Å². The molecule has 108 valence electrons. The Morgan fingerprint density at radius 3 is 2.95 bits per heavy atom. The highest BCUT2D eigenvalue weighted by molar-refractivity contribution is 7.09. The summed E-state index contributed by atoms with van der Waals surface area (Å²) in [6, 6.07) is 0. The van der Waals surface area contributed by atoms with E-state index in [0.717, 1.165) is 62.3 Å². The number of unbranched alkanes of at least 4 members (excludes halogenated alkanes) is 3. The van der Waals surface area contributed by atoms with Crippen LogP contribution in [0.3, 0.4) is 0 Å². The average molecular weight is 283 g/mol. The molecule has 0 aliphatic heterocycles. The van der Waals surface area contributed by atoms with Crippen molar-refractivity contribution < 1.29 is 4.79 Å². The van der Waals surface area contributed by atoms with Crippen LogP contribution in [0, 0.1) is 0 Å². The number of nitrogens with two attached hydrogens (primary N) is 1. The maximum absolute atomic E-state index is 11.6. The molecule has 0 radical (unpaired) electrons. The van der Waals surface area contributed by atoms with Crippen LogP contribution in [-0.2, 0) is 17.6 Å². The van der Waals surface area contributed by atoms with Crippen LogP contribution in [-0.4, -0.2) is 24.0 Å². The summed E-state index contributed by atoms with van der Waals surface area (Å²) >= 11 is 1.66. The second kappa shape index (κ2) is 9.92. The number of carbonyl (C=O) groups excluding carboxylic acids is 1. The number of hydrogen-bond acceptors (Lipinski definition) is 4. The predicted molar refractivity (Wildman–Crippen MR) is 80.3 cm³/mol. The minimum absolute atomic E-state index is 0.0773. The van der Waals surface area contributed by atoms with Crippen LogP contribution >= 0.6 is 11.3 Å². The first-order chi connectivity index (χ1) is 9.26. The van der Waals surface area contributed by atoms with Crippen LogP contribution in [0.1, 0.15) is 49.7 Å². The largest absolute Gasteiger partial charge is 0.356 e. The van der Waals surface area contributed by atoms with E-state index in [9.17, 15) is 4.79 Å². The van der Waals surface area contributed by atoms with Crippen molar-refractivity contribution in [3.63, 3.8) is 0 Å². The Bertz CT molecular complexity index is 365. The minimum atomic E-state index is 0.0773. The highest BCUT2D eigenvalue weighted by Gasteiger charge is 2.07. The Labute approximate surface area is 119 Å². The van der Waals surface area contributed by atoms with Gasteiger partial charge in [0.15, 0.2) is 0 Å². The van der Waals surface area contributed by atoms with Crippen LogP contribution in [0.4, 0.5) is 0 Å². The molecule has 1 heterocycles. The second-order valence-corrected chi connectivity index (χ2v) is 5.65. The summed E-state index contributed by atoms with van der Waals surface area (Å²) in [6.45, 7) is 3.65. The van der Waals surface area contributed by atoms with E-state index in [4.69, 9.17) is 5.73 Å². The fourth-order valence-corrected chi connectivity index (χ4v) is 2.61. The minimum Gasteiger partial charge on any atom is -0.356 e. The van der Waals surface area contributed by atoms with Gasteiger partial charge < -0.3 is 11.1 Å². The van der Waals surface area contributed by atoms with Crippen molar-refractivity contribution in [1.82, 2.24) is 10.3 Å². The van der Waals surface area contributed by atoms with Crippen molar-refractivity contribution in [3.8, 4) is 0 Å². The number of hydrogen-bond donors (Lipinski definition) is 2. The van der Waals surface area contributed by atoms with Gasteiger partial charge in [0, 0.05) is 11.9 Å². The normalized spacial score (nSPS) is 10.6. The van der Waals surface area contributed by atoms with Crippen LogP contribution < -0.4 is 11.1 Å². The van der Waals surface area contributed by atoms with Crippen LogP contribution in [0.25, 0.3) is 0 Å². The molecule has 1 amide bonds. The molecule has 1 aromatic rings. The first-order valence-corrected chi connectivity index (χ1v) is 8.04. The summed E-state index contributed by atoms with van der Waals surface area (Å²) in [5.41, 5.74) is 6.36. The zero-order valence-corrected chi connectivity index (χ0v) is 12.6. The zero-order valence-electron chi connectivity index (χ0n) is 11.8.